The van der Waals surface area contributed by atoms with Gasteiger partial charge in [0.1, 0.15) is 5.54 Å². The van der Waals surface area contributed by atoms with E-state index in [0.717, 1.165) is 29.1 Å². The van der Waals surface area contributed by atoms with Crippen LogP contribution in [0.4, 0.5) is 0 Å². The summed E-state index contributed by atoms with van der Waals surface area (Å²) in [7, 11) is 3.19. The van der Waals surface area contributed by atoms with Crippen LogP contribution >= 0.6 is 11.3 Å². The van der Waals surface area contributed by atoms with Crippen LogP contribution in [0, 0.1) is 12.8 Å². The van der Waals surface area contributed by atoms with E-state index in [1.807, 2.05) is 31.5 Å². The molecule has 3 aromatic heterocycles. The second kappa shape index (κ2) is 7.83. The molecule has 1 amide bonds. The zero-order valence-electron chi connectivity index (χ0n) is 17.7. The molecule has 0 saturated heterocycles. The summed E-state index contributed by atoms with van der Waals surface area (Å²) in [6, 6.07) is 5.73. The van der Waals surface area contributed by atoms with E-state index in [1.54, 1.807) is 22.1 Å². The highest BCUT2D eigenvalue weighted by Crippen LogP contribution is 2.34. The summed E-state index contributed by atoms with van der Waals surface area (Å²) in [4.78, 5) is 31.9. The molecule has 8 heteroatoms. The predicted octanol–water partition coefficient (Wildman–Crippen LogP) is 3.86. The van der Waals surface area contributed by atoms with Gasteiger partial charge in [-0.25, -0.2) is 9.78 Å². The Labute approximate surface area is 179 Å². The van der Waals surface area contributed by atoms with E-state index in [1.165, 1.54) is 7.11 Å². The molecule has 3 heterocycles. The molecule has 1 aliphatic carbocycles. The van der Waals surface area contributed by atoms with Crippen molar-refractivity contribution in [3.63, 3.8) is 0 Å². The van der Waals surface area contributed by atoms with E-state index in [4.69, 9.17) is 9.72 Å². The molecule has 0 spiro atoms. The van der Waals surface area contributed by atoms with Crippen LogP contribution in [0.3, 0.4) is 0 Å². The van der Waals surface area contributed by atoms with Crippen LogP contribution in [0.5, 0.6) is 0 Å². The first-order valence-corrected chi connectivity index (χ1v) is 11.0. The summed E-state index contributed by atoms with van der Waals surface area (Å²) < 4.78 is 6.77. The summed E-state index contributed by atoms with van der Waals surface area (Å²) in [5, 5.41) is 10.2. The first-order valence-electron chi connectivity index (χ1n) is 10.1. The molecule has 0 unspecified atom stereocenters. The summed E-state index contributed by atoms with van der Waals surface area (Å²) in [6.07, 6.45) is 2.89. The number of methoxy groups -OCH3 is 1. The molecule has 30 heavy (non-hydrogen) atoms. The van der Waals surface area contributed by atoms with E-state index < -0.39 is 5.54 Å². The minimum Gasteiger partial charge on any atom is -0.467 e. The van der Waals surface area contributed by atoms with Crippen molar-refractivity contribution in [2.24, 2.45) is 13.0 Å². The number of ether oxygens (including phenoxy) is 1. The number of hydrogen-bond acceptors (Lipinski definition) is 6. The van der Waals surface area contributed by atoms with Gasteiger partial charge in [-0.05, 0) is 56.0 Å². The Bertz CT molecular complexity index is 1100. The van der Waals surface area contributed by atoms with Crippen LogP contribution in [0.2, 0.25) is 0 Å². The number of rotatable bonds is 4. The summed E-state index contributed by atoms with van der Waals surface area (Å²) in [5.41, 5.74) is 1.58. The molecule has 3 aromatic rings. The Morgan fingerprint density at radius 1 is 1.33 bits per heavy atom. The molecule has 0 radical (unpaired) electrons. The fraction of sp³-hybridized carbons (Fsp3) is 0.455. The topological polar surface area (TPSA) is 86.1 Å². The van der Waals surface area contributed by atoms with Gasteiger partial charge in [0.25, 0.3) is 5.91 Å². The largest absolute Gasteiger partial charge is 0.467 e. The van der Waals surface area contributed by atoms with Gasteiger partial charge < -0.3 is 10.1 Å². The average molecular weight is 427 g/mol. The fourth-order valence-electron chi connectivity index (χ4n) is 4.29. The number of nitrogens with one attached hydrogen (secondary N) is 1. The van der Waals surface area contributed by atoms with Gasteiger partial charge in [-0.1, -0.05) is 13.0 Å². The number of aryl methyl sites for hydroxylation is 2. The van der Waals surface area contributed by atoms with Crippen LogP contribution in [-0.2, 0) is 16.6 Å². The van der Waals surface area contributed by atoms with Gasteiger partial charge in [-0.15, -0.1) is 11.3 Å². The van der Waals surface area contributed by atoms with Crippen molar-refractivity contribution in [1.82, 2.24) is 20.1 Å². The van der Waals surface area contributed by atoms with Gasteiger partial charge in [0.05, 0.1) is 34.3 Å². The Balaban J connectivity index is 1.79. The molecule has 4 rings (SSSR count). The molecule has 0 aliphatic heterocycles. The number of carbonyl (C=O) groups excluding carboxylic acids is 2. The van der Waals surface area contributed by atoms with E-state index in [0.29, 0.717) is 35.4 Å². The minimum absolute atomic E-state index is 0.295. The molecule has 0 bridgehead atoms. The SMILES string of the molecule is COC(=O)C1(NC(=O)c2cc(-c3cccs3)nc3c2c(C)nn3C)CCC(C)CC1. The number of fused-ring (bicyclic) bond motifs is 1. The lowest BCUT2D eigenvalue weighted by Crippen LogP contribution is -2.56. The number of carbonyl (C=O) groups is 2. The third kappa shape index (κ3) is 3.49. The van der Waals surface area contributed by atoms with E-state index in [2.05, 4.69) is 17.3 Å². The lowest BCUT2D eigenvalue weighted by molar-refractivity contribution is -0.150. The van der Waals surface area contributed by atoms with Gasteiger partial charge in [0.15, 0.2) is 5.65 Å². The third-order valence-electron chi connectivity index (χ3n) is 6.04. The van der Waals surface area contributed by atoms with Crippen LogP contribution in [0.15, 0.2) is 23.6 Å². The number of nitrogens with zero attached hydrogens (tertiary/aromatic N) is 3. The van der Waals surface area contributed by atoms with Gasteiger partial charge in [-0.3, -0.25) is 9.48 Å². The second-order valence-electron chi connectivity index (χ2n) is 8.15. The molecule has 1 saturated carbocycles. The Morgan fingerprint density at radius 2 is 2.07 bits per heavy atom. The van der Waals surface area contributed by atoms with Crippen molar-refractivity contribution in [1.29, 1.82) is 0 Å². The number of thiophene rings is 1. The number of hydrogen-bond donors (Lipinski definition) is 1. The number of amides is 1. The Kier molecular flexibility index (Phi) is 5.36. The van der Waals surface area contributed by atoms with Crippen molar-refractivity contribution >= 4 is 34.2 Å². The Morgan fingerprint density at radius 3 is 2.70 bits per heavy atom. The van der Waals surface area contributed by atoms with E-state index in [9.17, 15) is 9.59 Å². The van der Waals surface area contributed by atoms with Crippen LogP contribution in [0.1, 0.15) is 48.7 Å². The van der Waals surface area contributed by atoms with Crippen LogP contribution in [-0.4, -0.2) is 39.3 Å². The number of aromatic nitrogens is 3. The van der Waals surface area contributed by atoms with Crippen LogP contribution in [0.25, 0.3) is 21.6 Å². The summed E-state index contributed by atoms with van der Waals surface area (Å²) >= 11 is 1.56. The van der Waals surface area contributed by atoms with Gasteiger partial charge in [0.2, 0.25) is 0 Å². The molecular formula is C22H26N4O3S. The lowest BCUT2D eigenvalue weighted by Gasteiger charge is -2.37. The zero-order chi connectivity index (χ0) is 21.5. The maximum absolute atomic E-state index is 13.5. The monoisotopic (exact) mass is 426 g/mol. The van der Waals surface area contributed by atoms with Crippen molar-refractivity contribution < 1.29 is 14.3 Å². The molecule has 1 N–H and O–H groups in total. The van der Waals surface area contributed by atoms with Crippen molar-refractivity contribution in [3.05, 3.63) is 34.8 Å². The van der Waals surface area contributed by atoms with E-state index in [-0.39, 0.29) is 11.9 Å². The second-order valence-corrected chi connectivity index (χ2v) is 9.10. The molecule has 7 nitrogen and oxygen atoms in total. The fourth-order valence-corrected chi connectivity index (χ4v) is 4.98. The highest BCUT2D eigenvalue weighted by molar-refractivity contribution is 7.13. The molecule has 0 aromatic carbocycles. The van der Waals surface area contributed by atoms with E-state index >= 15 is 0 Å². The minimum atomic E-state index is -0.993. The highest BCUT2D eigenvalue weighted by atomic mass is 32.1. The number of pyridine rings is 1. The predicted molar refractivity (Wildman–Crippen MR) is 116 cm³/mol. The average Bonchev–Trinajstić information content (AvgIpc) is 3.37. The molecule has 1 aliphatic rings. The molecule has 158 valence electrons. The van der Waals surface area contributed by atoms with Crippen molar-refractivity contribution in [2.75, 3.05) is 7.11 Å². The first-order chi connectivity index (χ1) is 14.3. The van der Waals surface area contributed by atoms with Crippen molar-refractivity contribution in [3.8, 4) is 10.6 Å². The molecule has 1 fully saturated rings. The van der Waals surface area contributed by atoms with Gasteiger partial charge in [0, 0.05) is 7.05 Å². The third-order valence-corrected chi connectivity index (χ3v) is 6.94. The number of esters is 1. The summed E-state index contributed by atoms with van der Waals surface area (Å²) in [6.45, 7) is 4.03. The molecular weight excluding hydrogens is 400 g/mol. The van der Waals surface area contributed by atoms with Gasteiger partial charge >= 0.3 is 5.97 Å². The van der Waals surface area contributed by atoms with Crippen molar-refractivity contribution in [2.45, 2.75) is 45.1 Å². The van der Waals surface area contributed by atoms with Crippen LogP contribution < -0.4 is 5.32 Å². The standard InChI is InChI=1S/C22H26N4O3S/c1-13-7-9-22(10-8-13,21(28)29-4)24-20(27)15-12-16(17-6-5-11-30-17)23-19-18(15)14(2)25-26(19)3/h5-6,11-13H,7-10H2,1-4H3,(H,24,27). The first kappa shape index (κ1) is 20.5. The lowest BCUT2D eigenvalue weighted by atomic mass is 9.77. The maximum atomic E-state index is 13.5. The zero-order valence-corrected chi connectivity index (χ0v) is 18.5. The maximum Gasteiger partial charge on any atom is 0.331 e. The molecule has 0 atom stereocenters. The quantitative estimate of drug-likeness (QED) is 0.640. The normalized spacial score (nSPS) is 21.5. The summed E-state index contributed by atoms with van der Waals surface area (Å²) in [5.74, 6) is -0.149. The smallest absolute Gasteiger partial charge is 0.331 e. The highest BCUT2D eigenvalue weighted by Gasteiger charge is 2.44. The van der Waals surface area contributed by atoms with Gasteiger partial charge in [-0.2, -0.15) is 5.10 Å². The Hall–Kier alpha value is -2.74.